The first-order chi connectivity index (χ1) is 21.7. The lowest BCUT2D eigenvalue weighted by Gasteiger charge is -2.17. The number of carbonyl (C=O) groups is 1. The van der Waals surface area contributed by atoms with Crippen LogP contribution in [0.3, 0.4) is 0 Å². The summed E-state index contributed by atoms with van der Waals surface area (Å²) < 4.78 is 29.7. The van der Waals surface area contributed by atoms with Crippen molar-refractivity contribution in [2.24, 2.45) is 0 Å². The third-order valence-corrected chi connectivity index (χ3v) is 10.5. The summed E-state index contributed by atoms with van der Waals surface area (Å²) in [7, 11) is -3.35. The summed E-state index contributed by atoms with van der Waals surface area (Å²) in [4.78, 5) is 18.4. The number of nitrogens with one attached hydrogen (secondary N) is 1. The van der Waals surface area contributed by atoms with Gasteiger partial charge in [0.15, 0.2) is 9.84 Å². The number of fused-ring (bicyclic) bond motifs is 3. The SMILES string of the molecule is CS(=O)(=O)c1ccc(-c2cc(Cl)c(Sc3ncccc3CO)c(CNC(=O)OCC3c4ccccc4-c4ccccc43)c2)cc1. The van der Waals surface area contributed by atoms with Crippen LogP contribution in [-0.4, -0.2) is 37.5 Å². The number of carbonyl (C=O) groups excluding carboxylic acids is 1. The molecule has 1 amide bonds. The number of amides is 1. The molecule has 10 heteroatoms. The van der Waals surface area contributed by atoms with E-state index in [0.717, 1.165) is 39.6 Å². The highest BCUT2D eigenvalue weighted by molar-refractivity contribution is 7.99. The fraction of sp³-hybridized carbons (Fsp3) is 0.143. The zero-order valence-corrected chi connectivity index (χ0v) is 26.6. The number of rotatable bonds is 9. The summed E-state index contributed by atoms with van der Waals surface area (Å²) in [6, 6.07) is 30.1. The average Bonchev–Trinajstić information content (AvgIpc) is 3.37. The molecule has 0 saturated heterocycles. The van der Waals surface area contributed by atoms with Gasteiger partial charge in [-0.2, -0.15) is 0 Å². The van der Waals surface area contributed by atoms with Gasteiger partial charge in [-0.3, -0.25) is 0 Å². The maximum Gasteiger partial charge on any atom is 0.407 e. The topological polar surface area (TPSA) is 106 Å². The molecule has 0 bridgehead atoms. The highest BCUT2D eigenvalue weighted by Crippen LogP contribution is 2.44. The molecule has 1 heterocycles. The first kappa shape index (κ1) is 30.9. The molecule has 1 aromatic heterocycles. The van der Waals surface area contributed by atoms with Gasteiger partial charge in [-0.05, 0) is 69.3 Å². The monoisotopic (exact) mass is 656 g/mol. The molecule has 0 unspecified atom stereocenters. The van der Waals surface area contributed by atoms with Crippen molar-refractivity contribution in [1.29, 1.82) is 0 Å². The number of halogens is 1. The molecule has 6 rings (SSSR count). The van der Waals surface area contributed by atoms with Crippen molar-refractivity contribution in [2.45, 2.75) is 33.9 Å². The Morgan fingerprint density at radius 1 is 0.911 bits per heavy atom. The second-order valence-electron chi connectivity index (χ2n) is 10.6. The Bertz CT molecular complexity index is 1950. The van der Waals surface area contributed by atoms with Gasteiger partial charge < -0.3 is 15.2 Å². The lowest BCUT2D eigenvalue weighted by Crippen LogP contribution is -2.26. The Balaban J connectivity index is 1.25. The second-order valence-corrected chi connectivity index (χ2v) is 14.1. The normalized spacial score (nSPS) is 12.4. The lowest BCUT2D eigenvalue weighted by molar-refractivity contribution is 0.142. The van der Waals surface area contributed by atoms with E-state index in [9.17, 15) is 18.3 Å². The lowest BCUT2D eigenvalue weighted by atomic mass is 9.98. The van der Waals surface area contributed by atoms with Gasteiger partial charge >= 0.3 is 6.09 Å². The van der Waals surface area contributed by atoms with Gasteiger partial charge in [0.2, 0.25) is 0 Å². The Labute approximate surface area is 271 Å². The van der Waals surface area contributed by atoms with E-state index in [1.54, 1.807) is 48.7 Å². The molecule has 1 aliphatic carbocycles. The molecule has 4 aromatic carbocycles. The number of ether oxygens (including phenoxy) is 1. The summed E-state index contributed by atoms with van der Waals surface area (Å²) >= 11 is 8.14. The first-order valence-corrected chi connectivity index (χ1v) is 17.3. The molecule has 45 heavy (non-hydrogen) atoms. The van der Waals surface area contributed by atoms with Gasteiger partial charge in [-0.15, -0.1) is 0 Å². The van der Waals surface area contributed by atoms with Crippen LogP contribution in [0.5, 0.6) is 0 Å². The van der Waals surface area contributed by atoms with Gasteiger partial charge in [-0.1, -0.05) is 90.1 Å². The van der Waals surface area contributed by atoms with Crippen LogP contribution in [0.15, 0.2) is 118 Å². The summed E-state index contributed by atoms with van der Waals surface area (Å²) in [6.07, 6.45) is 2.23. The highest BCUT2D eigenvalue weighted by atomic mass is 35.5. The Hall–Kier alpha value is -4.15. The van der Waals surface area contributed by atoms with Crippen molar-refractivity contribution in [1.82, 2.24) is 10.3 Å². The fourth-order valence-corrected chi connectivity index (χ4v) is 7.48. The minimum Gasteiger partial charge on any atom is -0.449 e. The Morgan fingerprint density at radius 2 is 1.58 bits per heavy atom. The number of hydrogen-bond donors (Lipinski definition) is 2. The number of aliphatic hydroxyl groups is 1. The number of hydrogen-bond acceptors (Lipinski definition) is 7. The minimum absolute atomic E-state index is 0.0667. The van der Waals surface area contributed by atoms with Gasteiger partial charge in [0.1, 0.15) is 11.6 Å². The quantitative estimate of drug-likeness (QED) is 0.169. The van der Waals surface area contributed by atoms with Gasteiger partial charge in [0, 0.05) is 35.4 Å². The number of aromatic nitrogens is 1. The first-order valence-electron chi connectivity index (χ1n) is 14.2. The smallest absolute Gasteiger partial charge is 0.407 e. The third-order valence-electron chi connectivity index (χ3n) is 7.72. The predicted molar refractivity (Wildman–Crippen MR) is 176 cm³/mol. The molecule has 0 fully saturated rings. The van der Waals surface area contributed by atoms with Crippen LogP contribution in [0.25, 0.3) is 22.3 Å². The summed E-state index contributed by atoms with van der Waals surface area (Å²) in [5, 5.41) is 13.7. The highest BCUT2D eigenvalue weighted by Gasteiger charge is 2.29. The third kappa shape index (κ3) is 6.62. The largest absolute Gasteiger partial charge is 0.449 e. The van der Waals surface area contributed by atoms with Crippen LogP contribution in [0, 0.1) is 0 Å². The molecule has 1 aliphatic rings. The molecule has 228 valence electrons. The van der Waals surface area contributed by atoms with E-state index in [-0.39, 0.29) is 30.6 Å². The number of pyridine rings is 1. The van der Waals surface area contributed by atoms with Gasteiger partial charge in [-0.25, -0.2) is 18.2 Å². The fourth-order valence-electron chi connectivity index (χ4n) is 5.51. The maximum atomic E-state index is 13.1. The van der Waals surface area contributed by atoms with Crippen molar-refractivity contribution in [3.63, 3.8) is 0 Å². The summed E-state index contributed by atoms with van der Waals surface area (Å²) in [5.41, 5.74) is 7.41. The van der Waals surface area contributed by atoms with Crippen LogP contribution < -0.4 is 5.32 Å². The minimum atomic E-state index is -3.35. The van der Waals surface area contributed by atoms with E-state index < -0.39 is 15.9 Å². The molecule has 7 nitrogen and oxygen atoms in total. The molecule has 0 aliphatic heterocycles. The standard InChI is InChI=1S/C35H29ClN2O5S2/c1-45(41,42)26-14-12-22(13-15-26)24-17-25(33(32(36)18-24)44-34-23(20-39)7-6-16-37-34)19-38-35(40)43-21-31-29-10-4-2-8-27(29)28-9-3-5-11-30(28)31/h2-18,31,39H,19-21H2,1H3,(H,38,40). The molecular formula is C35H29ClN2O5S2. The van der Waals surface area contributed by atoms with Crippen LogP contribution in [-0.2, 0) is 27.7 Å². The molecule has 0 saturated carbocycles. The Morgan fingerprint density at radius 3 is 2.22 bits per heavy atom. The number of sulfone groups is 1. The zero-order valence-electron chi connectivity index (χ0n) is 24.2. The molecule has 0 radical (unpaired) electrons. The number of aliphatic hydroxyl groups excluding tert-OH is 1. The maximum absolute atomic E-state index is 13.1. The van der Waals surface area contributed by atoms with Crippen LogP contribution in [0.4, 0.5) is 4.79 Å². The van der Waals surface area contributed by atoms with E-state index in [4.69, 9.17) is 16.3 Å². The molecule has 5 aromatic rings. The van der Waals surface area contributed by atoms with Crippen molar-refractivity contribution < 1.29 is 23.1 Å². The second kappa shape index (κ2) is 13.1. The molecule has 0 spiro atoms. The van der Waals surface area contributed by atoms with Crippen molar-refractivity contribution >= 4 is 39.3 Å². The van der Waals surface area contributed by atoms with Crippen LogP contribution >= 0.6 is 23.4 Å². The van der Waals surface area contributed by atoms with Gasteiger partial charge in [0.25, 0.3) is 0 Å². The molecular weight excluding hydrogens is 628 g/mol. The zero-order chi connectivity index (χ0) is 31.6. The van der Waals surface area contributed by atoms with Crippen molar-refractivity contribution in [3.8, 4) is 22.3 Å². The van der Waals surface area contributed by atoms with E-state index in [0.29, 0.717) is 26.1 Å². The van der Waals surface area contributed by atoms with E-state index in [1.807, 2.05) is 30.3 Å². The van der Waals surface area contributed by atoms with E-state index >= 15 is 0 Å². The Kier molecular flexibility index (Phi) is 8.96. The number of benzene rings is 4. The summed E-state index contributed by atoms with van der Waals surface area (Å²) in [6.45, 7) is 0.101. The van der Waals surface area contributed by atoms with Crippen molar-refractivity contribution in [3.05, 3.63) is 131 Å². The van der Waals surface area contributed by atoms with Crippen molar-refractivity contribution in [2.75, 3.05) is 12.9 Å². The molecule has 0 atom stereocenters. The van der Waals surface area contributed by atoms with E-state index in [1.165, 1.54) is 11.8 Å². The number of alkyl carbamates (subject to hydrolysis) is 1. The van der Waals surface area contributed by atoms with E-state index in [2.05, 4.69) is 34.6 Å². The van der Waals surface area contributed by atoms with Gasteiger partial charge in [0.05, 0.1) is 16.5 Å². The molecule has 2 N–H and O–H groups in total. The average molecular weight is 657 g/mol. The van der Waals surface area contributed by atoms with Crippen LogP contribution in [0.2, 0.25) is 5.02 Å². The van der Waals surface area contributed by atoms with Crippen LogP contribution in [0.1, 0.15) is 28.2 Å². The number of nitrogens with zero attached hydrogens (tertiary/aromatic N) is 1. The predicted octanol–water partition coefficient (Wildman–Crippen LogP) is 7.49. The summed E-state index contributed by atoms with van der Waals surface area (Å²) in [5.74, 6) is -0.0667.